The minimum Gasteiger partial charge on any atom is -0.393 e. The molecule has 3 aromatic rings. The molecular weight excluding hydrogens is 611 g/mol. The zero-order chi connectivity index (χ0) is 30.2. The summed E-state index contributed by atoms with van der Waals surface area (Å²) >= 11 is 0. The van der Waals surface area contributed by atoms with Gasteiger partial charge < -0.3 is 29.8 Å². The summed E-state index contributed by atoms with van der Waals surface area (Å²) in [5.41, 5.74) is -0.940. The molecule has 0 bridgehead atoms. The maximum atomic E-state index is 14.7. The molecule has 15 nitrogen and oxygen atoms in total. The molecule has 20 heteroatoms. The van der Waals surface area contributed by atoms with Crippen molar-refractivity contribution in [3.05, 3.63) is 41.4 Å². The van der Waals surface area contributed by atoms with E-state index in [0.717, 1.165) is 4.57 Å². The van der Waals surface area contributed by atoms with Gasteiger partial charge in [-0.3, -0.25) is 13.7 Å². The Labute approximate surface area is 235 Å². The van der Waals surface area contributed by atoms with Crippen LogP contribution in [0.1, 0.15) is 38.1 Å². The molecule has 1 aromatic carbocycles. The molecule has 2 atom stereocenters. The Balaban J connectivity index is 1.67. The number of aliphatic hydroxyl groups is 1. The van der Waals surface area contributed by atoms with Crippen LogP contribution in [0.3, 0.4) is 0 Å². The lowest BCUT2D eigenvalue weighted by atomic mass is 9.93. The number of imidazole rings is 1. The van der Waals surface area contributed by atoms with Gasteiger partial charge in [-0.05, 0) is 32.1 Å². The number of nitrogens with one attached hydrogen (secondary N) is 1. The van der Waals surface area contributed by atoms with Crippen molar-refractivity contribution in [2.24, 2.45) is 4.99 Å². The quantitative estimate of drug-likeness (QED) is 0.215. The van der Waals surface area contributed by atoms with Gasteiger partial charge in [-0.25, -0.2) is 32.3 Å². The van der Waals surface area contributed by atoms with Crippen molar-refractivity contribution in [1.29, 1.82) is 0 Å². The van der Waals surface area contributed by atoms with Crippen molar-refractivity contribution in [2.75, 3.05) is 18.5 Å². The molecular formula is C22H27F3N6O9P2. The van der Waals surface area contributed by atoms with Gasteiger partial charge in [0.1, 0.15) is 23.8 Å². The minimum absolute atomic E-state index is 0.0452. The van der Waals surface area contributed by atoms with Crippen LogP contribution < -0.4 is 10.9 Å². The molecule has 2 fully saturated rings. The van der Waals surface area contributed by atoms with Gasteiger partial charge in [0.15, 0.2) is 17.3 Å². The number of aliphatic hydroxyl groups excluding tert-OH is 1. The second-order valence-electron chi connectivity index (χ2n) is 9.80. The highest BCUT2D eigenvalue weighted by Crippen LogP contribution is 2.57. The first-order chi connectivity index (χ1) is 19.8. The monoisotopic (exact) mass is 638 g/mol. The second-order valence-corrected chi connectivity index (χ2v) is 12.6. The van der Waals surface area contributed by atoms with Gasteiger partial charge in [0, 0.05) is 24.8 Å². The number of anilines is 1. The highest BCUT2D eigenvalue weighted by Gasteiger charge is 2.34. The Bertz CT molecular complexity index is 1610. The first kappa shape index (κ1) is 30.8. The number of fused-ring (bicyclic) bond motifs is 1. The molecule has 0 amide bonds. The third kappa shape index (κ3) is 7.10. The van der Waals surface area contributed by atoms with Gasteiger partial charge >= 0.3 is 15.6 Å². The van der Waals surface area contributed by atoms with Crippen molar-refractivity contribution >= 4 is 38.4 Å². The SMILES string of the molecule is O=P(O)(O)OP(=O)(O)OCn1/c(=N\c2c(F)cc(F)cc2F)n([C@H]2CCOC2)c2nc(NC3CCC(O)CC3)ncc21. The van der Waals surface area contributed by atoms with Crippen molar-refractivity contribution in [3.8, 4) is 0 Å². The summed E-state index contributed by atoms with van der Waals surface area (Å²) in [6, 6.07) is 0.301. The Morgan fingerprint density at radius 1 is 1.10 bits per heavy atom. The molecule has 2 aliphatic rings. The highest BCUT2D eigenvalue weighted by atomic mass is 31.3. The summed E-state index contributed by atoms with van der Waals surface area (Å²) in [6.45, 7) is -0.512. The van der Waals surface area contributed by atoms with Gasteiger partial charge in [0.25, 0.3) is 0 Å². The van der Waals surface area contributed by atoms with E-state index >= 15 is 0 Å². The van der Waals surface area contributed by atoms with E-state index in [9.17, 15) is 32.3 Å². The lowest BCUT2D eigenvalue weighted by Crippen LogP contribution is -2.30. The third-order valence-electron chi connectivity index (χ3n) is 6.78. The molecule has 1 saturated carbocycles. The number of phosphoric acid groups is 2. The van der Waals surface area contributed by atoms with Crippen LogP contribution in [0.2, 0.25) is 0 Å². The highest BCUT2D eigenvalue weighted by molar-refractivity contribution is 7.60. The van der Waals surface area contributed by atoms with E-state index in [0.29, 0.717) is 50.8 Å². The van der Waals surface area contributed by atoms with Crippen LogP contribution in [-0.4, -0.2) is 64.2 Å². The summed E-state index contributed by atoms with van der Waals surface area (Å²) in [7, 11) is -10.8. The van der Waals surface area contributed by atoms with Crippen molar-refractivity contribution in [3.63, 3.8) is 0 Å². The van der Waals surface area contributed by atoms with E-state index in [1.165, 1.54) is 10.8 Å². The first-order valence-electron chi connectivity index (χ1n) is 12.7. The van der Waals surface area contributed by atoms with Gasteiger partial charge in [-0.1, -0.05) is 0 Å². The molecule has 1 saturated heterocycles. The average molecular weight is 638 g/mol. The maximum absolute atomic E-state index is 14.7. The fourth-order valence-corrected chi connectivity index (χ4v) is 6.40. The Hall–Kier alpha value is -2.66. The summed E-state index contributed by atoms with van der Waals surface area (Å²) in [4.78, 5) is 40.7. The van der Waals surface area contributed by atoms with Gasteiger partial charge in [0.05, 0.1) is 24.9 Å². The second kappa shape index (κ2) is 12.1. The lowest BCUT2D eigenvalue weighted by molar-refractivity contribution is 0.126. The van der Waals surface area contributed by atoms with E-state index in [1.54, 1.807) is 0 Å². The number of nitrogens with zero attached hydrogens (tertiary/aromatic N) is 5. The van der Waals surface area contributed by atoms with E-state index in [-0.39, 0.29) is 35.4 Å². The maximum Gasteiger partial charge on any atom is 0.482 e. The van der Waals surface area contributed by atoms with Crippen molar-refractivity contribution in [1.82, 2.24) is 19.1 Å². The largest absolute Gasteiger partial charge is 0.482 e. The lowest BCUT2D eigenvalue weighted by Gasteiger charge is -2.26. The van der Waals surface area contributed by atoms with Gasteiger partial charge in [-0.15, -0.1) is 0 Å². The van der Waals surface area contributed by atoms with Gasteiger partial charge in [0.2, 0.25) is 11.6 Å². The smallest absolute Gasteiger partial charge is 0.393 e. The molecule has 230 valence electrons. The molecule has 42 heavy (non-hydrogen) atoms. The molecule has 5 rings (SSSR count). The fourth-order valence-electron chi connectivity index (χ4n) is 4.87. The molecule has 3 heterocycles. The number of ether oxygens (including phenoxy) is 1. The standard InChI is InChI=1S/C22H27F3N6O9P2/c23-12-7-16(24)19(17(25)8-12)28-22-30(11-39-42(36,37)40-41(33,34)35)18-9-26-21(27-13-1-3-15(32)4-2-13)29-20(18)31(22)14-5-6-38-10-14/h7-9,13-15,32H,1-6,10-11H2,(H,36,37)(H,26,27,29)(H2,33,34,35)/b28-22+/t13?,14-,15?/m0/s1. The van der Waals surface area contributed by atoms with Crippen LogP contribution in [0.5, 0.6) is 0 Å². The molecule has 1 aliphatic carbocycles. The summed E-state index contributed by atoms with van der Waals surface area (Å²) < 4.78 is 83.1. The zero-order valence-corrected chi connectivity index (χ0v) is 23.5. The third-order valence-corrected chi connectivity index (χ3v) is 8.90. The van der Waals surface area contributed by atoms with E-state index in [2.05, 4.69) is 24.6 Å². The predicted molar refractivity (Wildman–Crippen MR) is 137 cm³/mol. The van der Waals surface area contributed by atoms with E-state index < -0.39 is 57.7 Å². The number of rotatable bonds is 9. The van der Waals surface area contributed by atoms with E-state index in [4.69, 9.17) is 19.0 Å². The average Bonchev–Trinajstić information content (AvgIpc) is 3.50. The molecule has 0 spiro atoms. The van der Waals surface area contributed by atoms with Crippen LogP contribution in [0.25, 0.3) is 11.2 Å². The van der Waals surface area contributed by atoms with Crippen LogP contribution in [0.4, 0.5) is 24.8 Å². The Kier molecular flexibility index (Phi) is 8.90. The molecule has 1 unspecified atom stereocenters. The minimum atomic E-state index is -5.46. The molecule has 1 aliphatic heterocycles. The number of hydrogen-bond acceptors (Lipinski definition) is 10. The number of aromatic nitrogens is 4. The molecule has 0 radical (unpaired) electrons. The molecule has 5 N–H and O–H groups in total. The number of benzene rings is 1. The summed E-state index contributed by atoms with van der Waals surface area (Å²) in [5.74, 6) is -3.69. The topological polar surface area (TPSA) is 203 Å². The van der Waals surface area contributed by atoms with Crippen LogP contribution >= 0.6 is 15.6 Å². The van der Waals surface area contributed by atoms with E-state index in [1.807, 2.05) is 0 Å². The number of halogens is 3. The van der Waals surface area contributed by atoms with Crippen LogP contribution in [-0.2, 0) is 29.4 Å². The van der Waals surface area contributed by atoms with Crippen molar-refractivity contribution in [2.45, 2.75) is 57.0 Å². The fraction of sp³-hybridized carbons (Fsp3) is 0.500. The summed E-state index contributed by atoms with van der Waals surface area (Å²) in [6.07, 6.45) is 3.80. The molecule has 2 aromatic heterocycles. The van der Waals surface area contributed by atoms with Gasteiger partial charge in [-0.2, -0.15) is 9.29 Å². The van der Waals surface area contributed by atoms with Crippen LogP contribution in [0.15, 0.2) is 23.3 Å². The predicted octanol–water partition coefficient (Wildman–Crippen LogP) is 2.74. The Morgan fingerprint density at radius 2 is 1.79 bits per heavy atom. The number of phosphoric ester groups is 1. The van der Waals surface area contributed by atoms with Crippen LogP contribution in [0, 0.1) is 17.5 Å². The number of hydrogen-bond donors (Lipinski definition) is 5. The normalized spacial score (nSPS) is 23.4. The Morgan fingerprint density at radius 3 is 2.40 bits per heavy atom. The summed E-state index contributed by atoms with van der Waals surface area (Å²) in [5, 5.41) is 13.0. The first-order valence-corrected chi connectivity index (χ1v) is 15.8. The zero-order valence-electron chi connectivity index (χ0n) is 21.7. The van der Waals surface area contributed by atoms with Crippen molar-refractivity contribution < 1.29 is 55.7 Å².